The Morgan fingerprint density at radius 3 is 3.00 bits per heavy atom. The Morgan fingerprint density at radius 2 is 2.10 bits per heavy atom. The highest BCUT2D eigenvalue weighted by Crippen LogP contribution is 2.81. The van der Waals surface area contributed by atoms with Gasteiger partial charge < -0.3 is 14.9 Å². The number of allylic oxidation sites excluding steroid dienone is 1. The fourth-order valence-corrected chi connectivity index (χ4v) is 6.16. The Kier molecular flexibility index (Phi) is 1.36. The number of phenols is 1. The molecular formula is C17H16O3. The molecule has 1 aromatic carbocycles. The van der Waals surface area contributed by atoms with E-state index < -0.39 is 6.10 Å². The van der Waals surface area contributed by atoms with Crippen LogP contribution in [0.15, 0.2) is 24.3 Å². The van der Waals surface area contributed by atoms with Crippen LogP contribution in [0.4, 0.5) is 0 Å². The highest BCUT2D eigenvalue weighted by Gasteiger charge is 2.78. The molecule has 2 N–H and O–H groups in total. The first kappa shape index (κ1) is 10.3. The summed E-state index contributed by atoms with van der Waals surface area (Å²) < 4.78 is 6.08. The van der Waals surface area contributed by atoms with Crippen LogP contribution >= 0.6 is 0 Å². The first-order valence-corrected chi connectivity index (χ1v) is 7.55. The number of hydrogen-bond donors (Lipinski definition) is 2. The number of ether oxygens (including phenoxy) is 1. The predicted molar refractivity (Wildman–Crippen MR) is 71.7 cm³/mol. The van der Waals surface area contributed by atoms with E-state index in [1.165, 1.54) is 17.5 Å². The molecule has 1 heterocycles. The molecule has 0 aromatic heterocycles. The SMILES string of the molecule is Oc1ccc2c3c1O[C@H]1[C@@H](O)C=CC4C5(C2)CC5C[C@@]341. The zero-order valence-corrected chi connectivity index (χ0v) is 11.0. The van der Waals surface area contributed by atoms with Gasteiger partial charge in [0.1, 0.15) is 12.2 Å². The van der Waals surface area contributed by atoms with Crippen molar-refractivity contribution in [1.29, 1.82) is 0 Å². The fraction of sp³-hybridized carbons (Fsp3) is 0.529. The molecule has 2 spiro atoms. The predicted octanol–water partition coefficient (Wildman–Crippen LogP) is 1.90. The van der Waals surface area contributed by atoms with E-state index in [-0.39, 0.29) is 17.3 Å². The summed E-state index contributed by atoms with van der Waals surface area (Å²) in [6.07, 6.45) is 6.96. The van der Waals surface area contributed by atoms with E-state index in [9.17, 15) is 10.2 Å². The Labute approximate surface area is 116 Å². The molecule has 5 aliphatic rings. The van der Waals surface area contributed by atoms with Crippen LogP contribution in [-0.4, -0.2) is 22.4 Å². The third-order valence-corrected chi connectivity index (χ3v) is 6.81. The van der Waals surface area contributed by atoms with E-state index in [2.05, 4.69) is 12.1 Å². The molecule has 4 aliphatic carbocycles. The van der Waals surface area contributed by atoms with Crippen molar-refractivity contribution in [2.24, 2.45) is 17.3 Å². The zero-order valence-electron chi connectivity index (χ0n) is 11.0. The van der Waals surface area contributed by atoms with Crippen molar-refractivity contribution in [3.8, 4) is 11.5 Å². The van der Waals surface area contributed by atoms with Crippen LogP contribution in [0.1, 0.15) is 24.0 Å². The molecule has 0 amide bonds. The molecule has 1 aliphatic heterocycles. The number of aliphatic hydroxyl groups excluding tert-OH is 1. The minimum absolute atomic E-state index is 0.0707. The third kappa shape index (κ3) is 0.778. The Hall–Kier alpha value is -1.48. The van der Waals surface area contributed by atoms with Gasteiger partial charge >= 0.3 is 0 Å². The first-order chi connectivity index (χ1) is 9.67. The number of phenolic OH excluding ortho intramolecular Hbond substituents is 1. The normalized spacial score (nSPS) is 51.5. The van der Waals surface area contributed by atoms with E-state index in [1.54, 1.807) is 6.07 Å². The largest absolute Gasteiger partial charge is 0.504 e. The molecule has 1 aromatic rings. The molecule has 20 heavy (non-hydrogen) atoms. The van der Waals surface area contributed by atoms with Crippen molar-refractivity contribution in [1.82, 2.24) is 0 Å². The lowest BCUT2D eigenvalue weighted by atomic mass is 9.56. The van der Waals surface area contributed by atoms with Crippen molar-refractivity contribution in [3.05, 3.63) is 35.4 Å². The number of hydrogen-bond acceptors (Lipinski definition) is 3. The van der Waals surface area contributed by atoms with Gasteiger partial charge in [0.15, 0.2) is 11.5 Å². The van der Waals surface area contributed by atoms with Gasteiger partial charge in [-0.15, -0.1) is 0 Å². The Bertz CT molecular complexity index is 708. The monoisotopic (exact) mass is 268 g/mol. The number of rotatable bonds is 0. The lowest BCUT2D eigenvalue weighted by Gasteiger charge is -2.47. The van der Waals surface area contributed by atoms with Gasteiger partial charge in [0.2, 0.25) is 0 Å². The quantitative estimate of drug-likeness (QED) is 0.707. The molecule has 3 unspecified atom stereocenters. The summed E-state index contributed by atoms with van der Waals surface area (Å²) >= 11 is 0. The topological polar surface area (TPSA) is 49.7 Å². The number of benzene rings is 1. The summed E-state index contributed by atoms with van der Waals surface area (Å²) in [6.45, 7) is 0. The van der Waals surface area contributed by atoms with Gasteiger partial charge in [0.25, 0.3) is 0 Å². The minimum Gasteiger partial charge on any atom is -0.504 e. The van der Waals surface area contributed by atoms with Crippen molar-refractivity contribution in [2.45, 2.75) is 36.9 Å². The van der Waals surface area contributed by atoms with Crippen LogP contribution in [0.2, 0.25) is 0 Å². The van der Waals surface area contributed by atoms with Crippen molar-refractivity contribution >= 4 is 0 Å². The second-order valence-electron chi connectivity index (χ2n) is 7.40. The fourth-order valence-electron chi connectivity index (χ4n) is 6.16. The van der Waals surface area contributed by atoms with E-state index in [1.807, 2.05) is 6.08 Å². The molecule has 2 fully saturated rings. The van der Waals surface area contributed by atoms with Gasteiger partial charge in [-0.1, -0.05) is 18.2 Å². The third-order valence-electron chi connectivity index (χ3n) is 6.81. The van der Waals surface area contributed by atoms with E-state index in [0.29, 0.717) is 17.1 Å². The average Bonchev–Trinajstić information content (AvgIpc) is 2.87. The smallest absolute Gasteiger partial charge is 0.165 e. The van der Waals surface area contributed by atoms with Gasteiger partial charge in [0, 0.05) is 11.0 Å². The highest BCUT2D eigenvalue weighted by atomic mass is 16.5. The summed E-state index contributed by atoms with van der Waals surface area (Å²) in [4.78, 5) is 0. The van der Waals surface area contributed by atoms with Crippen molar-refractivity contribution in [3.63, 3.8) is 0 Å². The maximum Gasteiger partial charge on any atom is 0.165 e. The second kappa shape index (κ2) is 2.64. The average molecular weight is 268 g/mol. The number of aliphatic hydroxyl groups is 1. The standard InChI is InChI=1S/C17H16O3/c18-10-2-1-8-5-16-6-9(16)7-17-12(16)4-3-11(19)15(17)20-14(10)13(8)17/h1-4,9,11-12,15,18-19H,5-7H2/t9?,11-,12?,15-,16?,17-/m0/s1. The molecule has 2 saturated carbocycles. The molecule has 2 bridgehead atoms. The summed E-state index contributed by atoms with van der Waals surface area (Å²) in [7, 11) is 0. The van der Waals surface area contributed by atoms with Crippen LogP contribution < -0.4 is 4.74 Å². The van der Waals surface area contributed by atoms with E-state index in [4.69, 9.17) is 4.74 Å². The molecule has 3 heteroatoms. The van der Waals surface area contributed by atoms with Crippen LogP contribution in [0.5, 0.6) is 11.5 Å². The number of aromatic hydroxyl groups is 1. The first-order valence-electron chi connectivity index (χ1n) is 7.55. The maximum absolute atomic E-state index is 10.4. The van der Waals surface area contributed by atoms with Crippen LogP contribution in [0.3, 0.4) is 0 Å². The van der Waals surface area contributed by atoms with Gasteiger partial charge in [-0.25, -0.2) is 0 Å². The Morgan fingerprint density at radius 1 is 1.20 bits per heavy atom. The van der Waals surface area contributed by atoms with Gasteiger partial charge in [0.05, 0.1) is 0 Å². The molecule has 3 nitrogen and oxygen atoms in total. The van der Waals surface area contributed by atoms with Gasteiger partial charge in [-0.2, -0.15) is 0 Å². The molecule has 6 rings (SSSR count). The lowest BCUT2D eigenvalue weighted by molar-refractivity contribution is 0.000131. The van der Waals surface area contributed by atoms with E-state index >= 15 is 0 Å². The molecule has 0 saturated heterocycles. The molecule has 102 valence electrons. The Balaban J connectivity index is 1.75. The van der Waals surface area contributed by atoms with Crippen LogP contribution in [0.25, 0.3) is 0 Å². The zero-order chi connectivity index (χ0) is 13.3. The van der Waals surface area contributed by atoms with E-state index in [0.717, 1.165) is 18.8 Å². The summed E-state index contributed by atoms with van der Waals surface area (Å²) in [5, 5.41) is 20.6. The van der Waals surface area contributed by atoms with Crippen molar-refractivity contribution < 1.29 is 14.9 Å². The highest BCUT2D eigenvalue weighted by molar-refractivity contribution is 5.64. The second-order valence-corrected chi connectivity index (χ2v) is 7.40. The van der Waals surface area contributed by atoms with Crippen molar-refractivity contribution in [2.75, 3.05) is 0 Å². The molecular weight excluding hydrogens is 252 g/mol. The summed E-state index contributed by atoms with van der Waals surface area (Å²) in [5.41, 5.74) is 2.91. The molecule has 0 radical (unpaired) electrons. The van der Waals surface area contributed by atoms with Crippen LogP contribution in [0, 0.1) is 17.3 Å². The maximum atomic E-state index is 10.4. The summed E-state index contributed by atoms with van der Waals surface area (Å²) in [5.74, 6) is 2.14. The minimum atomic E-state index is -0.557. The molecule has 6 atom stereocenters. The lowest BCUT2D eigenvalue weighted by Crippen LogP contribution is -2.54. The van der Waals surface area contributed by atoms with Gasteiger partial charge in [-0.3, -0.25) is 0 Å². The van der Waals surface area contributed by atoms with Crippen LogP contribution in [-0.2, 0) is 11.8 Å². The van der Waals surface area contributed by atoms with Gasteiger partial charge in [-0.05, 0) is 48.1 Å². The summed E-state index contributed by atoms with van der Waals surface area (Å²) in [6, 6.07) is 3.83.